The number of aromatic amines is 1. The smallest absolute Gasteiger partial charge is 0.335 e. The number of nitrogens with one attached hydrogen (secondary N) is 2. The molecular weight excluding hydrogens is 376 g/mol. The molecule has 144 valence electrons. The Bertz CT molecular complexity index is 1200. The van der Waals surface area contributed by atoms with E-state index in [1.54, 1.807) is 23.5 Å². The number of rotatable bonds is 3. The Balaban J connectivity index is 1.79. The van der Waals surface area contributed by atoms with Gasteiger partial charge in [0.2, 0.25) is 5.88 Å². The van der Waals surface area contributed by atoms with Crippen molar-refractivity contribution in [1.29, 1.82) is 0 Å². The van der Waals surface area contributed by atoms with Crippen molar-refractivity contribution in [3.05, 3.63) is 77.6 Å². The fourth-order valence-corrected chi connectivity index (χ4v) is 4.43. The van der Waals surface area contributed by atoms with Gasteiger partial charge in [-0.1, -0.05) is 6.07 Å². The molecule has 1 aliphatic heterocycles. The number of aromatic hydroxyl groups is 1. The van der Waals surface area contributed by atoms with Gasteiger partial charge in [0.1, 0.15) is 5.56 Å². The molecule has 0 saturated heterocycles. The fraction of sp³-hybridized carbons (Fsp3) is 0.250. The van der Waals surface area contributed by atoms with Crippen LogP contribution >= 0.6 is 11.3 Å². The predicted molar refractivity (Wildman–Crippen MR) is 110 cm³/mol. The van der Waals surface area contributed by atoms with E-state index in [9.17, 15) is 14.7 Å². The lowest BCUT2D eigenvalue weighted by molar-refractivity contribution is 0.429. The first kappa shape index (κ1) is 18.2. The van der Waals surface area contributed by atoms with Crippen LogP contribution in [0.25, 0.3) is 5.69 Å². The lowest BCUT2D eigenvalue weighted by Crippen LogP contribution is -2.33. The highest BCUT2D eigenvalue weighted by molar-refractivity contribution is 7.12. The number of nitrogens with zero attached hydrogens (tertiary/aromatic N) is 2. The van der Waals surface area contributed by atoms with Crippen LogP contribution in [-0.2, 0) is 0 Å². The first-order valence-corrected chi connectivity index (χ1v) is 9.71. The van der Waals surface area contributed by atoms with Crippen molar-refractivity contribution in [3.63, 3.8) is 0 Å². The summed E-state index contributed by atoms with van der Waals surface area (Å²) in [6, 6.07) is 9.52. The number of hydrogen-bond donors (Lipinski definition) is 3. The minimum atomic E-state index is -0.687. The van der Waals surface area contributed by atoms with Crippen molar-refractivity contribution in [2.45, 2.75) is 33.2 Å². The second-order valence-electron chi connectivity index (χ2n) is 7.03. The zero-order valence-electron chi connectivity index (χ0n) is 15.7. The average molecular weight is 396 g/mol. The van der Waals surface area contributed by atoms with Gasteiger partial charge in [0.05, 0.1) is 17.4 Å². The van der Waals surface area contributed by atoms with Gasteiger partial charge < -0.3 is 10.5 Å². The molecule has 0 fully saturated rings. The fourth-order valence-electron chi connectivity index (χ4n) is 3.51. The monoisotopic (exact) mass is 396 g/mol. The molecule has 1 atom stereocenters. The van der Waals surface area contributed by atoms with Gasteiger partial charge >= 0.3 is 5.69 Å². The Kier molecular flexibility index (Phi) is 4.43. The van der Waals surface area contributed by atoms with Crippen molar-refractivity contribution in [2.24, 2.45) is 5.10 Å². The standard InChI is InChI=1S/C20H20N4O3S/c1-10-6-11(2)8-13(7-10)24-19(26)17(18(25)21-20(24)27)15-9-14(22-23-15)16-5-4-12(3)28-16/h4-8,14,22,26H,9H2,1-3H3,(H,21,25,27)/t14-/m1/s1. The van der Waals surface area contributed by atoms with E-state index in [1.165, 1.54) is 4.88 Å². The number of thiophene rings is 1. The molecule has 0 amide bonds. The average Bonchev–Trinajstić information content (AvgIpc) is 3.22. The van der Waals surface area contributed by atoms with Gasteiger partial charge in [-0.05, 0) is 56.2 Å². The summed E-state index contributed by atoms with van der Waals surface area (Å²) in [5, 5.41) is 15.1. The molecule has 3 heterocycles. The number of H-pyrrole nitrogens is 1. The lowest BCUT2D eigenvalue weighted by atomic mass is 10.1. The van der Waals surface area contributed by atoms with Gasteiger partial charge in [0, 0.05) is 16.2 Å². The summed E-state index contributed by atoms with van der Waals surface area (Å²) in [5.41, 5.74) is 4.52. The van der Waals surface area contributed by atoms with E-state index >= 15 is 0 Å². The van der Waals surface area contributed by atoms with E-state index in [0.29, 0.717) is 17.8 Å². The number of benzene rings is 1. The Morgan fingerprint density at radius 1 is 1.14 bits per heavy atom. The highest BCUT2D eigenvalue weighted by Crippen LogP contribution is 2.30. The first-order chi connectivity index (χ1) is 13.3. The summed E-state index contributed by atoms with van der Waals surface area (Å²) in [7, 11) is 0. The molecule has 0 bridgehead atoms. The van der Waals surface area contributed by atoms with Crippen molar-refractivity contribution in [1.82, 2.24) is 15.0 Å². The Morgan fingerprint density at radius 3 is 2.50 bits per heavy atom. The zero-order chi connectivity index (χ0) is 20.0. The third-order valence-corrected chi connectivity index (χ3v) is 5.81. The Morgan fingerprint density at radius 2 is 1.86 bits per heavy atom. The van der Waals surface area contributed by atoms with Crippen molar-refractivity contribution in [2.75, 3.05) is 0 Å². The second kappa shape index (κ2) is 6.79. The maximum atomic E-state index is 12.5. The van der Waals surface area contributed by atoms with Gasteiger partial charge in [-0.2, -0.15) is 5.10 Å². The lowest BCUT2D eigenvalue weighted by Gasteiger charge is -2.13. The van der Waals surface area contributed by atoms with Crippen LogP contribution in [0.2, 0.25) is 0 Å². The van der Waals surface area contributed by atoms with Crippen LogP contribution in [0.15, 0.2) is 45.0 Å². The number of hydrogen-bond acceptors (Lipinski definition) is 6. The maximum absolute atomic E-state index is 12.5. The van der Waals surface area contributed by atoms with E-state index in [2.05, 4.69) is 15.5 Å². The molecular formula is C20H20N4O3S. The summed E-state index contributed by atoms with van der Waals surface area (Å²) in [5.74, 6) is -0.401. The highest BCUT2D eigenvalue weighted by Gasteiger charge is 2.28. The molecule has 4 rings (SSSR count). The Hall–Kier alpha value is -3.13. The molecule has 3 N–H and O–H groups in total. The van der Waals surface area contributed by atoms with Crippen molar-refractivity contribution in [3.8, 4) is 11.6 Å². The van der Waals surface area contributed by atoms with E-state index < -0.39 is 17.1 Å². The zero-order valence-corrected chi connectivity index (χ0v) is 16.6. The molecule has 1 aromatic carbocycles. The molecule has 8 heteroatoms. The predicted octanol–water partition coefficient (Wildman–Crippen LogP) is 2.66. The Labute approximate surface area is 165 Å². The molecule has 0 unspecified atom stereocenters. The summed E-state index contributed by atoms with van der Waals surface area (Å²) >= 11 is 1.66. The third-order valence-electron chi connectivity index (χ3n) is 4.70. The molecule has 0 radical (unpaired) electrons. The SMILES string of the molecule is Cc1cc(C)cc(-n2c(O)c(C3=NN[C@@H](c4ccc(C)s4)C3)c(=O)[nH]c2=O)c1. The summed E-state index contributed by atoms with van der Waals surface area (Å²) in [6.45, 7) is 5.84. The van der Waals surface area contributed by atoms with Gasteiger partial charge in [0.15, 0.2) is 0 Å². The van der Waals surface area contributed by atoms with Crippen LogP contribution in [0.5, 0.6) is 5.88 Å². The van der Waals surface area contributed by atoms with Crippen molar-refractivity contribution >= 4 is 17.0 Å². The minimum absolute atomic E-state index is 0.0158. The molecule has 1 aliphatic rings. The molecule has 2 aromatic heterocycles. The minimum Gasteiger partial charge on any atom is -0.493 e. The van der Waals surface area contributed by atoms with Crippen LogP contribution in [0.1, 0.15) is 38.9 Å². The summed E-state index contributed by atoms with van der Waals surface area (Å²) in [6.07, 6.45) is 0.446. The number of aromatic nitrogens is 2. The maximum Gasteiger partial charge on any atom is 0.335 e. The summed E-state index contributed by atoms with van der Waals surface area (Å²) in [4.78, 5) is 29.5. The number of aryl methyl sites for hydroxylation is 3. The van der Waals surface area contributed by atoms with E-state index in [0.717, 1.165) is 20.6 Å². The largest absolute Gasteiger partial charge is 0.493 e. The van der Waals surface area contributed by atoms with Gasteiger partial charge in [-0.15, -0.1) is 11.3 Å². The number of hydrazone groups is 1. The van der Waals surface area contributed by atoms with Crippen LogP contribution < -0.4 is 16.7 Å². The van der Waals surface area contributed by atoms with Gasteiger partial charge in [-0.25, -0.2) is 9.36 Å². The van der Waals surface area contributed by atoms with Crippen LogP contribution in [0.4, 0.5) is 0 Å². The van der Waals surface area contributed by atoms with Crippen molar-refractivity contribution < 1.29 is 5.11 Å². The van der Waals surface area contributed by atoms with Crippen LogP contribution in [0, 0.1) is 20.8 Å². The first-order valence-electron chi connectivity index (χ1n) is 8.89. The molecule has 3 aromatic rings. The topological polar surface area (TPSA) is 99.5 Å². The van der Waals surface area contributed by atoms with E-state index in [1.807, 2.05) is 39.0 Å². The highest BCUT2D eigenvalue weighted by atomic mass is 32.1. The third kappa shape index (κ3) is 3.16. The summed E-state index contributed by atoms with van der Waals surface area (Å²) < 4.78 is 1.11. The molecule has 0 aliphatic carbocycles. The van der Waals surface area contributed by atoms with Gasteiger partial charge in [0.25, 0.3) is 5.56 Å². The molecule has 28 heavy (non-hydrogen) atoms. The van der Waals surface area contributed by atoms with Crippen LogP contribution in [-0.4, -0.2) is 20.4 Å². The normalized spacial score (nSPS) is 16.1. The molecule has 0 spiro atoms. The molecule has 0 saturated carbocycles. The quantitative estimate of drug-likeness (QED) is 0.634. The van der Waals surface area contributed by atoms with E-state index in [-0.39, 0.29) is 11.6 Å². The molecule has 7 nitrogen and oxygen atoms in total. The van der Waals surface area contributed by atoms with E-state index in [4.69, 9.17) is 0 Å². The second-order valence-corrected chi connectivity index (χ2v) is 8.35. The van der Waals surface area contributed by atoms with Crippen LogP contribution in [0.3, 0.4) is 0 Å². The van der Waals surface area contributed by atoms with Gasteiger partial charge in [-0.3, -0.25) is 9.78 Å².